The number of rotatable bonds is 11. The van der Waals surface area contributed by atoms with Gasteiger partial charge in [-0.2, -0.15) is 0 Å². The van der Waals surface area contributed by atoms with E-state index in [1.165, 1.54) is 18.2 Å². The zero-order valence-corrected chi connectivity index (χ0v) is 22.9. The van der Waals surface area contributed by atoms with Crippen molar-refractivity contribution in [3.63, 3.8) is 0 Å². The van der Waals surface area contributed by atoms with E-state index in [0.717, 1.165) is 35.6 Å². The van der Waals surface area contributed by atoms with Crippen molar-refractivity contribution < 1.29 is 27.5 Å². The maximum atomic E-state index is 13.8. The fourth-order valence-corrected chi connectivity index (χ4v) is 5.95. The molecule has 0 bridgehead atoms. The molecule has 1 aliphatic heterocycles. The third-order valence-electron chi connectivity index (χ3n) is 7.23. The minimum Gasteiger partial charge on any atom is -0.454 e. The first-order chi connectivity index (χ1) is 18.3. The van der Waals surface area contributed by atoms with Gasteiger partial charge in [0.1, 0.15) is 12.6 Å². The van der Waals surface area contributed by atoms with Crippen LogP contribution in [0.4, 0.5) is 5.69 Å². The summed E-state index contributed by atoms with van der Waals surface area (Å²) in [5.74, 6) is 0.100. The molecule has 0 aromatic heterocycles. The van der Waals surface area contributed by atoms with E-state index in [1.807, 2.05) is 30.3 Å². The molecule has 38 heavy (non-hydrogen) atoms. The molecule has 2 aromatic carbocycles. The number of amides is 2. The standard InChI is InChI=1S/C28H37N3O6S/c1-3-38(34,35)31(24-14-15-25-26(18-24)37-20-36-25)19-27(32)30(17-16-22-10-6-4-7-11-22)21(2)28(33)29-23-12-8-5-9-13-23/h4,6-7,10-11,14-15,18,21,23H,3,5,8-9,12-13,16-17,19-20H2,1-2H3,(H,29,33)/t21-/m0/s1. The topological polar surface area (TPSA) is 105 Å². The molecule has 10 heteroatoms. The van der Waals surface area contributed by atoms with Crippen LogP contribution in [0, 0.1) is 0 Å². The fraction of sp³-hybridized carbons (Fsp3) is 0.500. The number of anilines is 1. The summed E-state index contributed by atoms with van der Waals surface area (Å²) in [6.07, 6.45) is 5.74. The van der Waals surface area contributed by atoms with Crippen LogP contribution in [-0.2, 0) is 26.0 Å². The van der Waals surface area contributed by atoms with Crippen LogP contribution in [0.3, 0.4) is 0 Å². The summed E-state index contributed by atoms with van der Waals surface area (Å²) in [6.45, 7) is 3.15. The van der Waals surface area contributed by atoms with Gasteiger partial charge in [0.15, 0.2) is 11.5 Å². The van der Waals surface area contributed by atoms with Gasteiger partial charge in [-0.1, -0.05) is 49.6 Å². The highest BCUT2D eigenvalue weighted by Gasteiger charge is 2.32. The van der Waals surface area contributed by atoms with Crippen LogP contribution in [0.25, 0.3) is 0 Å². The molecule has 2 aromatic rings. The molecule has 0 spiro atoms. The zero-order chi connectivity index (χ0) is 27.1. The molecule has 206 valence electrons. The largest absolute Gasteiger partial charge is 0.454 e. The number of benzene rings is 2. The summed E-state index contributed by atoms with van der Waals surface area (Å²) in [6, 6.07) is 13.9. The summed E-state index contributed by atoms with van der Waals surface area (Å²) >= 11 is 0. The highest BCUT2D eigenvalue weighted by molar-refractivity contribution is 7.92. The lowest BCUT2D eigenvalue weighted by atomic mass is 9.95. The van der Waals surface area contributed by atoms with Crippen molar-refractivity contribution >= 4 is 27.5 Å². The maximum absolute atomic E-state index is 13.8. The van der Waals surface area contributed by atoms with Gasteiger partial charge in [0.2, 0.25) is 28.6 Å². The Kier molecular flexibility index (Phi) is 9.14. The minimum absolute atomic E-state index is 0.0547. The summed E-state index contributed by atoms with van der Waals surface area (Å²) in [5, 5.41) is 3.11. The van der Waals surface area contributed by atoms with Gasteiger partial charge in [-0.25, -0.2) is 8.42 Å². The Morgan fingerprint density at radius 3 is 2.45 bits per heavy atom. The molecule has 1 fully saturated rings. The molecule has 9 nitrogen and oxygen atoms in total. The van der Waals surface area contributed by atoms with Crippen molar-refractivity contribution in [1.82, 2.24) is 10.2 Å². The van der Waals surface area contributed by atoms with E-state index in [4.69, 9.17) is 9.47 Å². The number of nitrogens with zero attached hydrogens (tertiary/aromatic N) is 2. The van der Waals surface area contributed by atoms with Crippen molar-refractivity contribution in [3.05, 3.63) is 54.1 Å². The normalized spacial score (nSPS) is 16.1. The predicted molar refractivity (Wildman–Crippen MR) is 146 cm³/mol. The number of carbonyl (C=O) groups excluding carboxylic acids is 2. The molecule has 2 amide bonds. The Morgan fingerprint density at radius 1 is 1.03 bits per heavy atom. The van der Waals surface area contributed by atoms with Gasteiger partial charge in [0.25, 0.3) is 0 Å². The summed E-state index contributed by atoms with van der Waals surface area (Å²) in [7, 11) is -3.81. The number of ether oxygens (including phenoxy) is 2. The van der Waals surface area contributed by atoms with Crippen molar-refractivity contribution in [3.8, 4) is 11.5 Å². The summed E-state index contributed by atoms with van der Waals surface area (Å²) in [5.41, 5.74) is 1.34. The molecule has 1 aliphatic carbocycles. The molecule has 1 atom stereocenters. The fourth-order valence-electron chi connectivity index (χ4n) is 4.90. The smallest absolute Gasteiger partial charge is 0.244 e. The molecular formula is C28H37N3O6S. The number of carbonyl (C=O) groups is 2. The molecule has 1 N–H and O–H groups in total. The average molecular weight is 544 g/mol. The van der Waals surface area contributed by atoms with Crippen molar-refractivity contribution in [2.45, 2.75) is 64.5 Å². The Balaban J connectivity index is 1.56. The van der Waals surface area contributed by atoms with E-state index in [2.05, 4.69) is 5.32 Å². The molecule has 0 unspecified atom stereocenters. The molecule has 0 saturated heterocycles. The maximum Gasteiger partial charge on any atom is 0.244 e. The van der Waals surface area contributed by atoms with Gasteiger partial charge in [-0.15, -0.1) is 0 Å². The summed E-state index contributed by atoms with van der Waals surface area (Å²) in [4.78, 5) is 28.5. The van der Waals surface area contributed by atoms with Crippen LogP contribution in [0.5, 0.6) is 11.5 Å². The van der Waals surface area contributed by atoms with Crippen LogP contribution < -0.4 is 19.1 Å². The van der Waals surface area contributed by atoms with Gasteiger partial charge < -0.3 is 19.7 Å². The lowest BCUT2D eigenvalue weighted by Gasteiger charge is -2.33. The second-order valence-electron chi connectivity index (χ2n) is 9.79. The lowest BCUT2D eigenvalue weighted by Crippen LogP contribution is -2.54. The first kappa shape index (κ1) is 27.8. The predicted octanol–water partition coefficient (Wildman–Crippen LogP) is 3.48. The molecule has 2 aliphatic rings. The highest BCUT2D eigenvalue weighted by atomic mass is 32.2. The lowest BCUT2D eigenvalue weighted by molar-refractivity contribution is -0.139. The average Bonchev–Trinajstić information content (AvgIpc) is 3.41. The SMILES string of the molecule is CCS(=O)(=O)N(CC(=O)N(CCc1ccccc1)[C@@H](C)C(=O)NC1CCCCC1)c1ccc2c(c1)OCO2. The number of sulfonamides is 1. The van der Waals surface area contributed by atoms with Crippen LogP contribution >= 0.6 is 0 Å². The monoisotopic (exact) mass is 543 g/mol. The first-order valence-corrected chi connectivity index (χ1v) is 14.9. The van der Waals surface area contributed by atoms with Crippen LogP contribution in [0.2, 0.25) is 0 Å². The van der Waals surface area contributed by atoms with Crippen LogP contribution in [-0.4, -0.2) is 62.9 Å². The van der Waals surface area contributed by atoms with E-state index in [1.54, 1.807) is 25.1 Å². The van der Waals surface area contributed by atoms with Crippen molar-refractivity contribution in [2.75, 3.05) is 29.9 Å². The quantitative estimate of drug-likeness (QED) is 0.465. The van der Waals surface area contributed by atoms with Gasteiger partial charge in [0.05, 0.1) is 11.4 Å². The highest BCUT2D eigenvalue weighted by Crippen LogP contribution is 2.36. The van der Waals surface area contributed by atoms with Gasteiger partial charge in [0, 0.05) is 18.7 Å². The van der Waals surface area contributed by atoms with Crippen LogP contribution in [0.15, 0.2) is 48.5 Å². The summed E-state index contributed by atoms with van der Waals surface area (Å²) < 4.78 is 38.1. The first-order valence-electron chi connectivity index (χ1n) is 13.3. The van der Waals surface area contributed by atoms with E-state index < -0.39 is 28.5 Å². The van der Waals surface area contributed by atoms with E-state index in [9.17, 15) is 18.0 Å². The van der Waals surface area contributed by atoms with Crippen LogP contribution in [0.1, 0.15) is 51.5 Å². The third-order valence-corrected chi connectivity index (χ3v) is 8.97. The number of hydrogen-bond donors (Lipinski definition) is 1. The van der Waals surface area contributed by atoms with Gasteiger partial charge in [-0.05, 0) is 50.8 Å². The Hall–Kier alpha value is -3.27. The van der Waals surface area contributed by atoms with Gasteiger partial charge in [-0.3, -0.25) is 13.9 Å². The molecular weight excluding hydrogens is 506 g/mol. The van der Waals surface area contributed by atoms with Crippen molar-refractivity contribution in [2.24, 2.45) is 0 Å². The second kappa shape index (κ2) is 12.5. The van der Waals surface area contributed by atoms with E-state index in [-0.39, 0.29) is 31.0 Å². The Labute approximate surface area is 225 Å². The zero-order valence-electron chi connectivity index (χ0n) is 22.1. The Bertz CT molecular complexity index is 1210. The Morgan fingerprint density at radius 2 is 1.74 bits per heavy atom. The molecule has 1 heterocycles. The van der Waals surface area contributed by atoms with Crippen molar-refractivity contribution in [1.29, 1.82) is 0 Å². The molecule has 4 rings (SSSR count). The second-order valence-corrected chi connectivity index (χ2v) is 12.0. The minimum atomic E-state index is -3.81. The van der Waals surface area contributed by atoms with E-state index in [0.29, 0.717) is 23.6 Å². The molecule has 0 radical (unpaired) electrons. The van der Waals surface area contributed by atoms with E-state index >= 15 is 0 Å². The van der Waals surface area contributed by atoms with Gasteiger partial charge >= 0.3 is 0 Å². The number of hydrogen-bond acceptors (Lipinski definition) is 6. The number of nitrogens with one attached hydrogen (secondary N) is 1. The molecule has 1 saturated carbocycles. The third kappa shape index (κ3) is 6.78. The number of fused-ring (bicyclic) bond motifs is 1.